The molecule has 1 aromatic carbocycles. The summed E-state index contributed by atoms with van der Waals surface area (Å²) in [5, 5.41) is 2.99. The average Bonchev–Trinajstić information content (AvgIpc) is 2.05. The van der Waals surface area contributed by atoms with E-state index in [1.807, 2.05) is 30.8 Å². The summed E-state index contributed by atoms with van der Waals surface area (Å²) in [6.07, 6.45) is 0. The van der Waals surface area contributed by atoms with Gasteiger partial charge in [-0.3, -0.25) is 5.32 Å². The van der Waals surface area contributed by atoms with Gasteiger partial charge in [0.15, 0.2) is 0 Å². The largest absolute Gasteiger partial charge is 0.478 e. The van der Waals surface area contributed by atoms with Gasteiger partial charge in [0.05, 0.1) is 6.54 Å². The van der Waals surface area contributed by atoms with Crippen molar-refractivity contribution in [1.29, 1.82) is 0 Å². The number of fused-ring (bicyclic) bond motifs is 1. The molecule has 0 atom stereocenters. The normalized spacial score (nSPS) is 15.6. The van der Waals surface area contributed by atoms with Gasteiger partial charge in [0, 0.05) is 5.56 Å². The van der Waals surface area contributed by atoms with E-state index in [1.54, 1.807) is 0 Å². The Hall–Kier alpha value is -1.02. The van der Waals surface area contributed by atoms with Crippen LogP contribution in [0.4, 0.5) is 0 Å². The minimum atomic E-state index is 0.580. The minimum absolute atomic E-state index is 0.580. The molecule has 51 valence electrons. The number of para-hydroxylation sites is 1. The van der Waals surface area contributed by atoms with Gasteiger partial charge in [-0.1, -0.05) is 18.2 Å². The fourth-order valence-electron chi connectivity index (χ4n) is 1.00. The van der Waals surface area contributed by atoms with E-state index < -0.39 is 0 Å². The van der Waals surface area contributed by atoms with E-state index in [-0.39, 0.29) is 0 Å². The van der Waals surface area contributed by atoms with Gasteiger partial charge in [0.2, 0.25) is 0 Å². The van der Waals surface area contributed by atoms with Crippen molar-refractivity contribution >= 4 is 0 Å². The highest BCUT2D eigenvalue weighted by Crippen LogP contribution is 2.20. The first kappa shape index (κ1) is 5.74. The Morgan fingerprint density at radius 1 is 1.30 bits per heavy atom. The van der Waals surface area contributed by atoms with E-state index >= 15 is 0 Å². The van der Waals surface area contributed by atoms with Crippen LogP contribution in [0.2, 0.25) is 0 Å². The fraction of sp³-hybridized carbons (Fsp3) is 0.125. The highest BCUT2D eigenvalue weighted by atomic mass is 16.5. The second-order valence-corrected chi connectivity index (χ2v) is 2.17. The van der Waals surface area contributed by atoms with Crippen LogP contribution >= 0.6 is 0 Å². The molecular formula is C8H8NO. The van der Waals surface area contributed by atoms with Gasteiger partial charge >= 0.3 is 0 Å². The van der Waals surface area contributed by atoms with Crippen LogP contribution in [0.1, 0.15) is 5.56 Å². The second kappa shape index (κ2) is 2.31. The van der Waals surface area contributed by atoms with Crippen molar-refractivity contribution in [2.45, 2.75) is 0 Å². The van der Waals surface area contributed by atoms with E-state index in [4.69, 9.17) is 4.74 Å². The van der Waals surface area contributed by atoms with Crippen LogP contribution < -0.4 is 10.1 Å². The Morgan fingerprint density at radius 3 is 3.10 bits per heavy atom. The fourth-order valence-corrected chi connectivity index (χ4v) is 1.00. The smallest absolute Gasteiger partial charge is 0.140 e. The maximum Gasteiger partial charge on any atom is 0.140 e. The summed E-state index contributed by atoms with van der Waals surface area (Å²) in [5.41, 5.74) is 1.12. The zero-order valence-electron chi connectivity index (χ0n) is 5.50. The van der Waals surface area contributed by atoms with Crippen LogP contribution in [0.15, 0.2) is 24.3 Å². The molecule has 0 bridgehead atoms. The highest BCUT2D eigenvalue weighted by Gasteiger charge is 2.06. The molecule has 2 nitrogen and oxygen atoms in total. The molecular weight excluding hydrogens is 126 g/mol. The molecule has 0 unspecified atom stereocenters. The summed E-state index contributed by atoms with van der Waals surface area (Å²) in [6, 6.07) is 7.94. The molecule has 0 spiro atoms. The van der Waals surface area contributed by atoms with Crippen molar-refractivity contribution in [1.82, 2.24) is 5.32 Å². The molecule has 2 heteroatoms. The predicted molar refractivity (Wildman–Crippen MR) is 38.5 cm³/mol. The van der Waals surface area contributed by atoms with Crippen molar-refractivity contribution in [2.75, 3.05) is 6.73 Å². The lowest BCUT2D eigenvalue weighted by atomic mass is 10.2. The third kappa shape index (κ3) is 0.866. The number of rotatable bonds is 0. The van der Waals surface area contributed by atoms with Crippen LogP contribution in [-0.2, 0) is 0 Å². The van der Waals surface area contributed by atoms with Gasteiger partial charge < -0.3 is 4.74 Å². The van der Waals surface area contributed by atoms with Crippen LogP contribution in [0.25, 0.3) is 0 Å². The molecule has 1 radical (unpaired) electrons. The first-order chi connectivity index (χ1) is 4.97. The minimum Gasteiger partial charge on any atom is -0.478 e. The summed E-state index contributed by atoms with van der Waals surface area (Å²) in [4.78, 5) is 0. The first-order valence-electron chi connectivity index (χ1n) is 3.25. The van der Waals surface area contributed by atoms with Crippen molar-refractivity contribution in [3.8, 4) is 5.75 Å². The molecule has 1 aromatic rings. The summed E-state index contributed by atoms with van der Waals surface area (Å²) in [6.45, 7) is 2.54. The lowest BCUT2D eigenvalue weighted by molar-refractivity contribution is 0.280. The zero-order valence-corrected chi connectivity index (χ0v) is 5.50. The maximum absolute atomic E-state index is 5.28. The molecule has 10 heavy (non-hydrogen) atoms. The van der Waals surface area contributed by atoms with Gasteiger partial charge in [-0.2, -0.15) is 0 Å². The van der Waals surface area contributed by atoms with Gasteiger partial charge in [-0.15, -0.1) is 0 Å². The Labute approximate surface area is 59.8 Å². The van der Waals surface area contributed by atoms with Crippen molar-refractivity contribution < 1.29 is 4.74 Å². The summed E-state index contributed by atoms with van der Waals surface area (Å²) >= 11 is 0. The highest BCUT2D eigenvalue weighted by molar-refractivity contribution is 5.39. The van der Waals surface area contributed by atoms with Gasteiger partial charge in [-0.25, -0.2) is 0 Å². The van der Waals surface area contributed by atoms with Crippen LogP contribution in [0.3, 0.4) is 0 Å². The number of nitrogens with one attached hydrogen (secondary N) is 1. The molecule has 0 saturated carbocycles. The van der Waals surface area contributed by atoms with Crippen molar-refractivity contribution in [3.63, 3.8) is 0 Å². The molecule has 1 N–H and O–H groups in total. The Balaban J connectivity index is 2.41. The second-order valence-electron chi connectivity index (χ2n) is 2.17. The van der Waals surface area contributed by atoms with Gasteiger partial charge in [0.1, 0.15) is 12.5 Å². The number of hydrogen-bond donors (Lipinski definition) is 1. The van der Waals surface area contributed by atoms with E-state index in [0.717, 1.165) is 11.3 Å². The lowest BCUT2D eigenvalue weighted by Gasteiger charge is -2.16. The predicted octanol–water partition coefficient (Wildman–Crippen LogP) is 1.14. The molecule has 0 aliphatic carbocycles. The molecule has 0 fully saturated rings. The molecule has 0 saturated heterocycles. The molecule has 1 aliphatic heterocycles. The SMILES string of the molecule is [CH]1NCOc2ccccc21. The summed E-state index contributed by atoms with van der Waals surface area (Å²) in [7, 11) is 0. The maximum atomic E-state index is 5.28. The van der Waals surface area contributed by atoms with E-state index in [2.05, 4.69) is 5.32 Å². The van der Waals surface area contributed by atoms with Crippen molar-refractivity contribution in [3.05, 3.63) is 36.4 Å². The van der Waals surface area contributed by atoms with E-state index in [0.29, 0.717) is 6.73 Å². The molecule has 1 heterocycles. The standard InChI is InChI=1S/C8H8NO/c1-2-4-8-7(3-1)5-9-6-10-8/h1-5,9H,6H2. The Kier molecular flexibility index (Phi) is 1.32. The third-order valence-electron chi connectivity index (χ3n) is 1.49. The average molecular weight is 134 g/mol. The number of benzene rings is 1. The van der Waals surface area contributed by atoms with Crippen molar-refractivity contribution in [2.24, 2.45) is 0 Å². The zero-order chi connectivity index (χ0) is 6.81. The Bertz CT molecular complexity index is 209. The summed E-state index contributed by atoms with van der Waals surface area (Å²) < 4.78 is 5.28. The number of hydrogen-bond acceptors (Lipinski definition) is 2. The lowest BCUT2D eigenvalue weighted by Crippen LogP contribution is -2.23. The van der Waals surface area contributed by atoms with E-state index in [9.17, 15) is 0 Å². The molecule has 2 rings (SSSR count). The Morgan fingerprint density at radius 2 is 2.20 bits per heavy atom. The van der Waals surface area contributed by atoms with Gasteiger partial charge in [-0.05, 0) is 6.07 Å². The number of ether oxygens (including phenoxy) is 1. The third-order valence-corrected chi connectivity index (χ3v) is 1.49. The first-order valence-corrected chi connectivity index (χ1v) is 3.25. The molecule has 1 aliphatic rings. The van der Waals surface area contributed by atoms with Gasteiger partial charge in [0.25, 0.3) is 0 Å². The quantitative estimate of drug-likeness (QED) is 0.574. The van der Waals surface area contributed by atoms with Crippen LogP contribution in [-0.4, -0.2) is 6.73 Å². The molecule has 0 amide bonds. The summed E-state index contributed by atoms with van der Waals surface area (Å²) in [5.74, 6) is 0.959. The van der Waals surface area contributed by atoms with E-state index in [1.165, 1.54) is 0 Å². The monoisotopic (exact) mass is 134 g/mol. The molecule has 0 aromatic heterocycles. The van der Waals surface area contributed by atoms with Crippen LogP contribution in [0.5, 0.6) is 5.75 Å². The topological polar surface area (TPSA) is 21.3 Å². The van der Waals surface area contributed by atoms with Crippen LogP contribution in [0, 0.1) is 6.54 Å².